The largest absolute Gasteiger partial charge is 0.350 e. The Kier molecular flexibility index (Phi) is 7.74. The molecule has 5 nitrogen and oxygen atoms in total. The van der Waals surface area contributed by atoms with Crippen LogP contribution in [0.4, 0.5) is 0 Å². The molecule has 0 spiro atoms. The highest BCUT2D eigenvalue weighted by Gasteiger charge is 2.16. The minimum atomic E-state index is -0.187. The van der Waals surface area contributed by atoms with Gasteiger partial charge in [0.2, 0.25) is 11.8 Å². The molecule has 3 aromatic carbocycles. The number of rotatable bonds is 8. The lowest BCUT2D eigenvalue weighted by Gasteiger charge is -2.30. The van der Waals surface area contributed by atoms with Crippen LogP contribution in [0.25, 0.3) is 10.8 Å². The van der Waals surface area contributed by atoms with E-state index in [1.807, 2.05) is 42.5 Å². The highest BCUT2D eigenvalue weighted by Crippen LogP contribution is 2.19. The molecule has 1 saturated heterocycles. The minimum absolute atomic E-state index is 0.0190. The summed E-state index contributed by atoms with van der Waals surface area (Å²) in [6.07, 6.45) is 2.87. The quantitative estimate of drug-likeness (QED) is 0.552. The molecule has 1 heterocycles. The maximum Gasteiger partial charge on any atom is 0.239 e. The fraction of sp³-hybridized carbons (Fsp3) is 0.357. The average Bonchev–Trinajstić information content (AvgIpc) is 2.83. The number of piperidine rings is 1. The maximum atomic E-state index is 12.4. The Bertz CT molecular complexity index is 1090. The third-order valence-electron chi connectivity index (χ3n) is 6.34. The number of carbonyl (C=O) groups is 2. The molecular formula is C28H33N3O2. The van der Waals surface area contributed by atoms with Crippen molar-refractivity contribution < 1.29 is 9.59 Å². The second kappa shape index (κ2) is 11.1. The Hall–Kier alpha value is -3.18. The molecule has 0 aromatic heterocycles. The number of nitrogens with zero attached hydrogens (tertiary/aromatic N) is 1. The van der Waals surface area contributed by atoms with E-state index in [0.717, 1.165) is 34.4 Å². The Balaban J connectivity index is 1.19. The Morgan fingerprint density at radius 1 is 0.909 bits per heavy atom. The van der Waals surface area contributed by atoms with E-state index in [1.54, 1.807) is 0 Å². The predicted octanol–water partition coefficient (Wildman–Crippen LogP) is 4.05. The van der Waals surface area contributed by atoms with Crippen LogP contribution in [-0.2, 0) is 29.1 Å². The summed E-state index contributed by atoms with van der Waals surface area (Å²) >= 11 is 0. The van der Waals surface area contributed by atoms with Gasteiger partial charge in [0.1, 0.15) is 0 Å². The van der Waals surface area contributed by atoms with Gasteiger partial charge in [0.05, 0.1) is 13.0 Å². The fourth-order valence-corrected chi connectivity index (χ4v) is 4.58. The van der Waals surface area contributed by atoms with Gasteiger partial charge in [0.25, 0.3) is 0 Å². The minimum Gasteiger partial charge on any atom is -0.350 e. The average molecular weight is 444 g/mol. The molecule has 4 rings (SSSR count). The van der Waals surface area contributed by atoms with E-state index < -0.39 is 0 Å². The van der Waals surface area contributed by atoms with Gasteiger partial charge in [-0.1, -0.05) is 73.7 Å². The van der Waals surface area contributed by atoms with Crippen LogP contribution in [-0.4, -0.2) is 36.3 Å². The summed E-state index contributed by atoms with van der Waals surface area (Å²) in [7, 11) is 0. The van der Waals surface area contributed by atoms with Crippen LogP contribution in [0.15, 0.2) is 66.7 Å². The molecule has 1 atom stereocenters. The molecule has 5 heteroatoms. The van der Waals surface area contributed by atoms with Crippen molar-refractivity contribution in [3.05, 3.63) is 83.4 Å². The number of fused-ring (bicyclic) bond motifs is 1. The first-order chi connectivity index (χ1) is 16.1. The second-order valence-electron chi connectivity index (χ2n) is 9.17. The fourth-order valence-electron chi connectivity index (χ4n) is 4.58. The predicted molar refractivity (Wildman–Crippen MR) is 133 cm³/mol. The number of carbonyl (C=O) groups excluding carboxylic acids is 2. The van der Waals surface area contributed by atoms with Crippen molar-refractivity contribution >= 4 is 22.6 Å². The van der Waals surface area contributed by atoms with Crippen molar-refractivity contribution in [2.75, 3.05) is 19.6 Å². The smallest absolute Gasteiger partial charge is 0.239 e. The van der Waals surface area contributed by atoms with Crippen LogP contribution in [0.5, 0.6) is 0 Å². The van der Waals surface area contributed by atoms with E-state index in [0.29, 0.717) is 6.54 Å². The number of hydrogen-bond acceptors (Lipinski definition) is 3. The van der Waals surface area contributed by atoms with Gasteiger partial charge < -0.3 is 10.6 Å². The van der Waals surface area contributed by atoms with Gasteiger partial charge in [-0.05, 0) is 52.8 Å². The highest BCUT2D eigenvalue weighted by molar-refractivity contribution is 5.91. The van der Waals surface area contributed by atoms with Crippen LogP contribution in [0, 0.1) is 5.92 Å². The molecule has 1 aliphatic heterocycles. The van der Waals surface area contributed by atoms with Crippen molar-refractivity contribution in [3.8, 4) is 0 Å². The molecular weight excluding hydrogens is 410 g/mol. The lowest BCUT2D eigenvalue weighted by Crippen LogP contribution is -2.37. The number of amides is 2. The lowest BCUT2D eigenvalue weighted by atomic mass is 9.99. The summed E-state index contributed by atoms with van der Waals surface area (Å²) in [6.45, 7) is 6.09. The number of nitrogens with one attached hydrogen (secondary N) is 2. The Morgan fingerprint density at radius 2 is 1.67 bits per heavy atom. The molecule has 2 amide bonds. The number of hydrogen-bond donors (Lipinski definition) is 2. The van der Waals surface area contributed by atoms with E-state index in [9.17, 15) is 9.59 Å². The standard InChI is InChI=1S/C28H33N3O2/c1-21-6-5-15-31(19-21)20-23-13-11-22(12-14-23)17-29-28(33)18-30-27(32)16-25-9-4-8-24-7-2-3-10-26(24)25/h2-4,7-14,21H,5-6,15-20H2,1H3,(H,29,33)(H,30,32). The van der Waals surface area contributed by atoms with Crippen molar-refractivity contribution in [3.63, 3.8) is 0 Å². The zero-order valence-electron chi connectivity index (χ0n) is 19.3. The van der Waals surface area contributed by atoms with Crippen molar-refractivity contribution in [1.82, 2.24) is 15.5 Å². The second-order valence-corrected chi connectivity index (χ2v) is 9.17. The van der Waals surface area contributed by atoms with Crippen molar-refractivity contribution in [2.24, 2.45) is 5.92 Å². The van der Waals surface area contributed by atoms with Crippen molar-refractivity contribution in [1.29, 1.82) is 0 Å². The van der Waals surface area contributed by atoms with Gasteiger partial charge in [0.15, 0.2) is 0 Å². The normalized spacial score (nSPS) is 16.5. The molecule has 172 valence electrons. The topological polar surface area (TPSA) is 61.4 Å². The molecule has 0 bridgehead atoms. The van der Waals surface area contributed by atoms with Crippen LogP contribution >= 0.6 is 0 Å². The first-order valence-electron chi connectivity index (χ1n) is 11.9. The number of benzene rings is 3. The third kappa shape index (κ3) is 6.65. The van der Waals surface area contributed by atoms with Gasteiger partial charge in [-0.2, -0.15) is 0 Å². The Labute approximate surface area is 196 Å². The molecule has 1 fully saturated rings. The van der Waals surface area contributed by atoms with Gasteiger partial charge in [-0.15, -0.1) is 0 Å². The molecule has 2 N–H and O–H groups in total. The van der Waals surface area contributed by atoms with Gasteiger partial charge in [0, 0.05) is 19.6 Å². The zero-order valence-corrected chi connectivity index (χ0v) is 19.3. The highest BCUT2D eigenvalue weighted by atomic mass is 16.2. The molecule has 1 unspecified atom stereocenters. The van der Waals surface area contributed by atoms with E-state index in [-0.39, 0.29) is 24.8 Å². The van der Waals surface area contributed by atoms with E-state index >= 15 is 0 Å². The van der Waals surface area contributed by atoms with Crippen molar-refractivity contribution in [2.45, 2.75) is 39.3 Å². The van der Waals surface area contributed by atoms with Gasteiger partial charge in [-0.25, -0.2) is 0 Å². The monoisotopic (exact) mass is 443 g/mol. The third-order valence-corrected chi connectivity index (χ3v) is 6.34. The van der Waals surface area contributed by atoms with Crippen LogP contribution in [0.1, 0.15) is 36.5 Å². The summed E-state index contributed by atoms with van der Waals surface area (Å²) in [6, 6.07) is 22.4. The van der Waals surface area contributed by atoms with Gasteiger partial charge >= 0.3 is 0 Å². The molecule has 0 radical (unpaired) electrons. The van der Waals surface area contributed by atoms with E-state index in [1.165, 1.54) is 31.5 Å². The Morgan fingerprint density at radius 3 is 2.48 bits per heavy atom. The van der Waals surface area contributed by atoms with Gasteiger partial charge in [-0.3, -0.25) is 14.5 Å². The molecule has 0 aliphatic carbocycles. The molecule has 33 heavy (non-hydrogen) atoms. The zero-order chi connectivity index (χ0) is 23.0. The number of likely N-dealkylation sites (tertiary alicyclic amines) is 1. The van der Waals surface area contributed by atoms with Crippen LogP contribution < -0.4 is 10.6 Å². The first-order valence-corrected chi connectivity index (χ1v) is 11.9. The summed E-state index contributed by atoms with van der Waals surface area (Å²) in [5.74, 6) is 0.436. The molecule has 0 saturated carbocycles. The first kappa shape index (κ1) is 23.0. The maximum absolute atomic E-state index is 12.4. The summed E-state index contributed by atoms with van der Waals surface area (Å²) < 4.78 is 0. The van der Waals surface area contributed by atoms with E-state index in [2.05, 4.69) is 46.7 Å². The summed E-state index contributed by atoms with van der Waals surface area (Å²) in [4.78, 5) is 27.1. The lowest BCUT2D eigenvalue weighted by molar-refractivity contribution is -0.125. The molecule has 1 aliphatic rings. The summed E-state index contributed by atoms with van der Waals surface area (Å²) in [5.41, 5.74) is 3.33. The van der Waals surface area contributed by atoms with Crippen LogP contribution in [0.2, 0.25) is 0 Å². The molecule has 3 aromatic rings. The van der Waals surface area contributed by atoms with E-state index in [4.69, 9.17) is 0 Å². The van der Waals surface area contributed by atoms with Crippen LogP contribution in [0.3, 0.4) is 0 Å². The summed E-state index contributed by atoms with van der Waals surface area (Å²) in [5, 5.41) is 7.80. The SMILES string of the molecule is CC1CCCN(Cc2ccc(CNC(=O)CNC(=O)Cc3cccc4ccccc34)cc2)C1.